The van der Waals surface area contributed by atoms with Crippen molar-refractivity contribution in [3.05, 3.63) is 71.3 Å². The molecule has 3 N–H and O–H groups in total. The average molecular weight is 347 g/mol. The standard InChI is InChI=1S/C20H21N5O/c1-13-10-14(2)25-9-8-18(19(25)23-13)20(26)24-17-6-4-15(5-7-17)16(11-21)12-22-3/h4-12,21-22H,1-3H3,(H,24,26)/b16-12+,21-11?. The van der Waals surface area contributed by atoms with Crippen LogP contribution in [0, 0.1) is 19.3 Å². The minimum atomic E-state index is -0.198. The van der Waals surface area contributed by atoms with Crippen LogP contribution in [0.2, 0.25) is 0 Å². The Labute approximate surface area is 152 Å². The van der Waals surface area contributed by atoms with Gasteiger partial charge in [0, 0.05) is 48.3 Å². The molecule has 0 fully saturated rings. The summed E-state index contributed by atoms with van der Waals surface area (Å²) in [6.45, 7) is 3.90. The Hall–Kier alpha value is -3.41. The smallest absolute Gasteiger partial charge is 0.259 e. The fraction of sp³-hybridized carbons (Fsp3) is 0.150. The molecule has 0 aliphatic carbocycles. The highest BCUT2D eigenvalue weighted by atomic mass is 16.1. The number of allylic oxidation sites excluding steroid dienone is 1. The Morgan fingerprint density at radius 3 is 2.58 bits per heavy atom. The molecule has 26 heavy (non-hydrogen) atoms. The summed E-state index contributed by atoms with van der Waals surface area (Å²) in [6, 6.07) is 11.1. The maximum Gasteiger partial charge on any atom is 0.259 e. The second-order valence-corrected chi connectivity index (χ2v) is 6.03. The highest BCUT2D eigenvalue weighted by molar-refractivity contribution is 6.09. The number of hydrogen-bond acceptors (Lipinski definition) is 4. The summed E-state index contributed by atoms with van der Waals surface area (Å²) in [5.74, 6) is -0.198. The van der Waals surface area contributed by atoms with Gasteiger partial charge in [0.15, 0.2) is 0 Å². The number of anilines is 1. The molecule has 2 heterocycles. The number of benzene rings is 1. The largest absolute Gasteiger partial charge is 0.393 e. The molecule has 3 aromatic rings. The van der Waals surface area contributed by atoms with Crippen molar-refractivity contribution in [3.63, 3.8) is 0 Å². The molecule has 0 spiro atoms. The first-order valence-corrected chi connectivity index (χ1v) is 8.28. The van der Waals surface area contributed by atoms with Gasteiger partial charge in [0.2, 0.25) is 0 Å². The molecule has 2 aromatic heterocycles. The van der Waals surface area contributed by atoms with Crippen LogP contribution in [0.25, 0.3) is 11.2 Å². The van der Waals surface area contributed by atoms with Crippen LogP contribution in [0.3, 0.4) is 0 Å². The molecule has 0 radical (unpaired) electrons. The Bertz CT molecular complexity index is 999. The van der Waals surface area contributed by atoms with E-state index in [4.69, 9.17) is 5.41 Å². The Balaban J connectivity index is 1.85. The monoisotopic (exact) mass is 347 g/mol. The van der Waals surface area contributed by atoms with Gasteiger partial charge in [-0.3, -0.25) is 4.79 Å². The highest BCUT2D eigenvalue weighted by Gasteiger charge is 2.14. The Kier molecular flexibility index (Phi) is 4.84. The van der Waals surface area contributed by atoms with Gasteiger partial charge in [0.1, 0.15) is 5.65 Å². The van der Waals surface area contributed by atoms with E-state index in [0.717, 1.165) is 22.5 Å². The lowest BCUT2D eigenvalue weighted by molar-refractivity contribution is 0.102. The zero-order chi connectivity index (χ0) is 18.7. The molecular weight excluding hydrogens is 326 g/mol. The van der Waals surface area contributed by atoms with Crippen LogP contribution in [-0.2, 0) is 0 Å². The van der Waals surface area contributed by atoms with Crippen molar-refractivity contribution < 1.29 is 4.79 Å². The van der Waals surface area contributed by atoms with E-state index in [1.807, 2.05) is 54.8 Å². The molecule has 0 aliphatic heterocycles. The van der Waals surface area contributed by atoms with E-state index in [2.05, 4.69) is 15.6 Å². The summed E-state index contributed by atoms with van der Waals surface area (Å²) in [4.78, 5) is 17.2. The van der Waals surface area contributed by atoms with Crippen molar-refractivity contribution in [2.24, 2.45) is 0 Å². The molecule has 6 heteroatoms. The lowest BCUT2D eigenvalue weighted by Crippen LogP contribution is -2.12. The lowest BCUT2D eigenvalue weighted by Gasteiger charge is -2.07. The van der Waals surface area contributed by atoms with Gasteiger partial charge in [-0.15, -0.1) is 0 Å². The molecule has 0 saturated carbocycles. The van der Waals surface area contributed by atoms with Crippen molar-refractivity contribution in [2.75, 3.05) is 12.4 Å². The van der Waals surface area contributed by atoms with E-state index < -0.39 is 0 Å². The number of nitrogens with zero attached hydrogens (tertiary/aromatic N) is 2. The third kappa shape index (κ3) is 3.35. The number of rotatable bonds is 5. The fourth-order valence-electron chi connectivity index (χ4n) is 2.88. The topological polar surface area (TPSA) is 82.3 Å². The molecule has 1 amide bonds. The Morgan fingerprint density at radius 1 is 1.19 bits per heavy atom. The summed E-state index contributed by atoms with van der Waals surface area (Å²) in [5.41, 5.74) is 5.45. The van der Waals surface area contributed by atoms with Gasteiger partial charge in [-0.05, 0) is 43.7 Å². The average Bonchev–Trinajstić information content (AvgIpc) is 3.04. The van der Waals surface area contributed by atoms with Crippen LogP contribution in [-0.4, -0.2) is 28.6 Å². The zero-order valence-electron chi connectivity index (χ0n) is 15.0. The first kappa shape index (κ1) is 17.4. The van der Waals surface area contributed by atoms with Crippen molar-refractivity contribution in [1.82, 2.24) is 14.7 Å². The molecule has 1 aromatic carbocycles. The van der Waals surface area contributed by atoms with E-state index in [1.54, 1.807) is 19.3 Å². The molecule has 0 atom stereocenters. The maximum atomic E-state index is 12.7. The minimum absolute atomic E-state index is 0.198. The number of aromatic nitrogens is 2. The van der Waals surface area contributed by atoms with Crippen LogP contribution in [0.5, 0.6) is 0 Å². The minimum Gasteiger partial charge on any atom is -0.393 e. The highest BCUT2D eigenvalue weighted by Crippen LogP contribution is 2.19. The first-order chi connectivity index (χ1) is 12.5. The summed E-state index contributed by atoms with van der Waals surface area (Å²) >= 11 is 0. The van der Waals surface area contributed by atoms with E-state index in [1.165, 1.54) is 6.21 Å². The van der Waals surface area contributed by atoms with Crippen LogP contribution >= 0.6 is 0 Å². The van der Waals surface area contributed by atoms with Crippen LogP contribution < -0.4 is 10.6 Å². The molecular formula is C20H21N5O. The van der Waals surface area contributed by atoms with Crippen molar-refractivity contribution in [1.29, 1.82) is 5.41 Å². The van der Waals surface area contributed by atoms with Gasteiger partial charge < -0.3 is 20.4 Å². The molecule has 6 nitrogen and oxygen atoms in total. The van der Waals surface area contributed by atoms with Crippen molar-refractivity contribution in [3.8, 4) is 0 Å². The molecule has 132 valence electrons. The number of nitrogens with one attached hydrogen (secondary N) is 3. The van der Waals surface area contributed by atoms with E-state index >= 15 is 0 Å². The number of hydrogen-bond donors (Lipinski definition) is 3. The molecule has 0 aliphatic rings. The van der Waals surface area contributed by atoms with Crippen LogP contribution in [0.15, 0.2) is 48.8 Å². The summed E-state index contributed by atoms with van der Waals surface area (Å²) < 4.78 is 1.91. The second-order valence-electron chi connectivity index (χ2n) is 6.03. The van der Waals surface area contributed by atoms with Crippen LogP contribution in [0.1, 0.15) is 27.3 Å². The fourth-order valence-corrected chi connectivity index (χ4v) is 2.88. The normalized spacial score (nSPS) is 11.4. The lowest BCUT2D eigenvalue weighted by atomic mass is 10.1. The Morgan fingerprint density at radius 2 is 1.92 bits per heavy atom. The SMILES string of the molecule is CN/C=C(\C=N)c1ccc(NC(=O)c2ccn3c(C)cc(C)nc23)cc1. The summed E-state index contributed by atoms with van der Waals surface area (Å²) in [7, 11) is 1.79. The van der Waals surface area contributed by atoms with Gasteiger partial charge in [0.05, 0.1) is 5.56 Å². The van der Waals surface area contributed by atoms with E-state index in [0.29, 0.717) is 16.9 Å². The van der Waals surface area contributed by atoms with Crippen molar-refractivity contribution in [2.45, 2.75) is 13.8 Å². The predicted octanol–water partition coefficient (Wildman–Crippen LogP) is 3.41. The van der Waals surface area contributed by atoms with Gasteiger partial charge in [-0.1, -0.05) is 12.1 Å². The predicted molar refractivity (Wildman–Crippen MR) is 105 cm³/mol. The molecule has 0 saturated heterocycles. The number of fused-ring (bicyclic) bond motifs is 1. The molecule has 0 bridgehead atoms. The number of aryl methyl sites for hydroxylation is 2. The molecule has 0 unspecified atom stereocenters. The van der Waals surface area contributed by atoms with Gasteiger partial charge in [-0.2, -0.15) is 0 Å². The van der Waals surface area contributed by atoms with Gasteiger partial charge >= 0.3 is 0 Å². The number of carbonyl (C=O) groups is 1. The van der Waals surface area contributed by atoms with Crippen molar-refractivity contribution >= 4 is 29.0 Å². The second kappa shape index (κ2) is 7.23. The zero-order valence-corrected chi connectivity index (χ0v) is 15.0. The van der Waals surface area contributed by atoms with Gasteiger partial charge in [0.25, 0.3) is 5.91 Å². The summed E-state index contributed by atoms with van der Waals surface area (Å²) in [6.07, 6.45) is 4.89. The third-order valence-corrected chi connectivity index (χ3v) is 4.12. The third-order valence-electron chi connectivity index (χ3n) is 4.12. The first-order valence-electron chi connectivity index (χ1n) is 8.28. The van der Waals surface area contributed by atoms with Gasteiger partial charge in [-0.25, -0.2) is 4.98 Å². The van der Waals surface area contributed by atoms with Crippen LogP contribution in [0.4, 0.5) is 5.69 Å². The number of carbonyl (C=O) groups excluding carboxylic acids is 1. The van der Waals surface area contributed by atoms with E-state index in [9.17, 15) is 4.79 Å². The molecule has 3 rings (SSSR count). The van der Waals surface area contributed by atoms with E-state index in [-0.39, 0.29) is 5.91 Å². The quantitative estimate of drug-likeness (QED) is 0.619. The summed E-state index contributed by atoms with van der Waals surface area (Å²) in [5, 5.41) is 13.3. The maximum absolute atomic E-state index is 12.7. The number of amides is 1.